The van der Waals surface area contributed by atoms with E-state index in [1.165, 1.54) is 0 Å². The molecule has 0 saturated carbocycles. The third kappa shape index (κ3) is 3.11. The van der Waals surface area contributed by atoms with Crippen molar-refractivity contribution in [1.29, 1.82) is 0 Å². The van der Waals surface area contributed by atoms with Gasteiger partial charge in [0.2, 0.25) is 11.8 Å². The first-order valence-corrected chi connectivity index (χ1v) is 8.55. The number of halogens is 1. The average molecular weight is 350 g/mol. The van der Waals surface area contributed by atoms with E-state index in [4.69, 9.17) is 11.6 Å². The van der Waals surface area contributed by atoms with E-state index in [2.05, 4.69) is 10.6 Å². The summed E-state index contributed by atoms with van der Waals surface area (Å²) in [5.41, 5.74) is 0.392. The summed E-state index contributed by atoms with van der Waals surface area (Å²) in [5.74, 6) is -0.484. The van der Waals surface area contributed by atoms with Crippen LogP contribution in [0, 0.1) is 0 Å². The van der Waals surface area contributed by atoms with Gasteiger partial charge in [-0.3, -0.25) is 14.4 Å². The van der Waals surface area contributed by atoms with E-state index in [9.17, 15) is 14.4 Å². The van der Waals surface area contributed by atoms with Crippen LogP contribution in [0.2, 0.25) is 5.02 Å². The summed E-state index contributed by atoms with van der Waals surface area (Å²) in [4.78, 5) is 38.6. The van der Waals surface area contributed by atoms with Gasteiger partial charge in [-0.2, -0.15) is 0 Å². The molecule has 2 saturated heterocycles. The van der Waals surface area contributed by atoms with Crippen molar-refractivity contribution in [2.75, 3.05) is 6.54 Å². The molecular weight excluding hydrogens is 330 g/mol. The fourth-order valence-corrected chi connectivity index (χ4v) is 3.58. The lowest BCUT2D eigenvalue weighted by molar-refractivity contribution is -0.147. The van der Waals surface area contributed by atoms with E-state index in [0.29, 0.717) is 30.0 Å². The third-order valence-electron chi connectivity index (χ3n) is 4.53. The van der Waals surface area contributed by atoms with E-state index in [1.807, 2.05) is 6.92 Å². The zero-order chi connectivity index (χ0) is 17.3. The number of amides is 3. The standard InChI is InChI=1S/C17H20ClN3O3/c1-2-5-13-17(24)21-9-10(8-14(21)16(23)20-13)19-15(22)11-6-3-4-7-12(11)18/h3-4,6-7,10,13-14H,2,5,8-9H2,1H3,(H,19,22)(H,20,23)/t10-,13-,14-/m0/s1. The molecule has 0 radical (unpaired) electrons. The van der Waals surface area contributed by atoms with E-state index < -0.39 is 12.1 Å². The van der Waals surface area contributed by atoms with Crippen LogP contribution in [0.4, 0.5) is 0 Å². The van der Waals surface area contributed by atoms with Gasteiger partial charge in [-0.05, 0) is 25.0 Å². The van der Waals surface area contributed by atoms with E-state index in [0.717, 1.165) is 6.42 Å². The topological polar surface area (TPSA) is 78.5 Å². The summed E-state index contributed by atoms with van der Waals surface area (Å²) in [6, 6.07) is 5.60. The predicted molar refractivity (Wildman–Crippen MR) is 89.7 cm³/mol. The zero-order valence-electron chi connectivity index (χ0n) is 13.4. The van der Waals surface area contributed by atoms with Crippen LogP contribution in [-0.4, -0.2) is 47.3 Å². The summed E-state index contributed by atoms with van der Waals surface area (Å²) in [7, 11) is 0. The molecule has 2 fully saturated rings. The van der Waals surface area contributed by atoms with Crippen molar-refractivity contribution in [3.63, 3.8) is 0 Å². The van der Waals surface area contributed by atoms with Crippen LogP contribution in [0.3, 0.4) is 0 Å². The highest BCUT2D eigenvalue weighted by Crippen LogP contribution is 2.24. The average Bonchev–Trinajstić information content (AvgIpc) is 2.97. The van der Waals surface area contributed by atoms with E-state index in [-0.39, 0.29) is 23.8 Å². The van der Waals surface area contributed by atoms with E-state index in [1.54, 1.807) is 29.2 Å². The van der Waals surface area contributed by atoms with Crippen LogP contribution in [-0.2, 0) is 9.59 Å². The van der Waals surface area contributed by atoms with Crippen LogP contribution in [0.25, 0.3) is 0 Å². The zero-order valence-corrected chi connectivity index (χ0v) is 14.2. The van der Waals surface area contributed by atoms with Gasteiger partial charge in [-0.25, -0.2) is 0 Å². The molecule has 2 N–H and O–H groups in total. The predicted octanol–water partition coefficient (Wildman–Crippen LogP) is 1.34. The third-order valence-corrected chi connectivity index (χ3v) is 4.86. The molecule has 2 aliphatic heterocycles. The van der Waals surface area contributed by atoms with Crippen LogP contribution >= 0.6 is 11.6 Å². The highest BCUT2D eigenvalue weighted by atomic mass is 35.5. The fourth-order valence-electron chi connectivity index (χ4n) is 3.36. The maximum Gasteiger partial charge on any atom is 0.253 e. The van der Waals surface area contributed by atoms with Gasteiger partial charge in [0.25, 0.3) is 5.91 Å². The molecule has 2 aliphatic rings. The van der Waals surface area contributed by atoms with Crippen molar-refractivity contribution in [3.05, 3.63) is 34.9 Å². The Morgan fingerprint density at radius 1 is 1.38 bits per heavy atom. The van der Waals surface area contributed by atoms with Crippen LogP contribution < -0.4 is 10.6 Å². The first-order chi connectivity index (χ1) is 11.5. The second kappa shape index (κ2) is 6.81. The quantitative estimate of drug-likeness (QED) is 0.861. The van der Waals surface area contributed by atoms with Crippen LogP contribution in [0.1, 0.15) is 36.5 Å². The summed E-state index contributed by atoms with van der Waals surface area (Å²) in [6.07, 6.45) is 1.87. The van der Waals surface area contributed by atoms with Crippen molar-refractivity contribution >= 4 is 29.3 Å². The molecule has 3 rings (SSSR count). The van der Waals surface area contributed by atoms with Crippen LogP contribution in [0.5, 0.6) is 0 Å². The lowest BCUT2D eigenvalue weighted by Crippen LogP contribution is -2.61. The number of hydrogen-bond acceptors (Lipinski definition) is 3. The summed E-state index contributed by atoms with van der Waals surface area (Å²) >= 11 is 6.04. The Morgan fingerprint density at radius 3 is 2.83 bits per heavy atom. The Bertz CT molecular complexity index is 679. The van der Waals surface area contributed by atoms with Gasteiger partial charge in [0, 0.05) is 12.6 Å². The van der Waals surface area contributed by atoms with Crippen LogP contribution in [0.15, 0.2) is 24.3 Å². The maximum atomic E-state index is 12.5. The SMILES string of the molecule is CCC[C@@H]1NC(=O)[C@@H]2C[C@H](NC(=O)c3ccccc3Cl)CN2C1=O. The second-order valence-electron chi connectivity index (χ2n) is 6.24. The van der Waals surface area contributed by atoms with Gasteiger partial charge in [0.1, 0.15) is 12.1 Å². The molecule has 24 heavy (non-hydrogen) atoms. The number of carbonyl (C=O) groups excluding carboxylic acids is 3. The molecule has 0 aliphatic carbocycles. The molecular formula is C17H20ClN3O3. The van der Waals surface area contributed by atoms with Crippen molar-refractivity contribution in [2.45, 2.75) is 44.3 Å². The summed E-state index contributed by atoms with van der Waals surface area (Å²) in [5, 5.41) is 6.05. The van der Waals surface area contributed by atoms with E-state index >= 15 is 0 Å². The lowest BCUT2D eigenvalue weighted by Gasteiger charge is -2.34. The number of rotatable bonds is 4. The summed E-state index contributed by atoms with van der Waals surface area (Å²) < 4.78 is 0. The number of hydrogen-bond donors (Lipinski definition) is 2. The largest absolute Gasteiger partial charge is 0.347 e. The first kappa shape index (κ1) is 16.8. The lowest BCUT2D eigenvalue weighted by atomic mass is 10.0. The molecule has 2 heterocycles. The molecule has 0 unspecified atom stereocenters. The number of piperazine rings is 1. The van der Waals surface area contributed by atoms with Crippen molar-refractivity contribution in [1.82, 2.24) is 15.5 Å². The Labute approximate surface area is 145 Å². The molecule has 6 nitrogen and oxygen atoms in total. The molecule has 7 heteroatoms. The smallest absolute Gasteiger partial charge is 0.253 e. The van der Waals surface area contributed by atoms with Gasteiger partial charge in [0.05, 0.1) is 10.6 Å². The molecule has 3 amide bonds. The van der Waals surface area contributed by atoms with Gasteiger partial charge < -0.3 is 15.5 Å². The van der Waals surface area contributed by atoms with Crippen molar-refractivity contribution in [2.24, 2.45) is 0 Å². The van der Waals surface area contributed by atoms with Crippen molar-refractivity contribution in [3.8, 4) is 0 Å². The number of benzene rings is 1. The minimum atomic E-state index is -0.498. The monoisotopic (exact) mass is 349 g/mol. The Kier molecular flexibility index (Phi) is 4.76. The fraction of sp³-hybridized carbons (Fsp3) is 0.471. The van der Waals surface area contributed by atoms with Gasteiger partial charge >= 0.3 is 0 Å². The molecule has 1 aromatic rings. The van der Waals surface area contributed by atoms with Gasteiger partial charge in [0.15, 0.2) is 0 Å². The minimum absolute atomic E-state index is 0.0593. The number of nitrogens with one attached hydrogen (secondary N) is 2. The number of carbonyl (C=O) groups is 3. The number of nitrogens with zero attached hydrogens (tertiary/aromatic N) is 1. The molecule has 1 aromatic carbocycles. The Hall–Kier alpha value is -2.08. The minimum Gasteiger partial charge on any atom is -0.347 e. The van der Waals surface area contributed by atoms with Gasteiger partial charge in [-0.15, -0.1) is 0 Å². The molecule has 0 bridgehead atoms. The number of fused-ring (bicyclic) bond motifs is 1. The van der Waals surface area contributed by atoms with Gasteiger partial charge in [-0.1, -0.05) is 37.1 Å². The molecule has 0 spiro atoms. The Balaban J connectivity index is 1.69. The molecule has 0 aromatic heterocycles. The second-order valence-corrected chi connectivity index (χ2v) is 6.65. The maximum absolute atomic E-state index is 12.5. The molecule has 128 valence electrons. The van der Waals surface area contributed by atoms with Crippen molar-refractivity contribution < 1.29 is 14.4 Å². The first-order valence-electron chi connectivity index (χ1n) is 8.17. The highest BCUT2D eigenvalue weighted by molar-refractivity contribution is 6.33. The molecule has 3 atom stereocenters. The normalized spacial score (nSPS) is 26.1. The summed E-state index contributed by atoms with van der Waals surface area (Å²) in [6.45, 7) is 2.33. The Morgan fingerprint density at radius 2 is 2.12 bits per heavy atom. The highest BCUT2D eigenvalue weighted by Gasteiger charge is 2.46.